The molecule has 0 amide bonds. The van der Waals surface area contributed by atoms with Gasteiger partial charge in [-0.05, 0) is 37.3 Å². The monoisotopic (exact) mass is 261 g/mol. The van der Waals surface area contributed by atoms with Gasteiger partial charge in [0.05, 0.1) is 0 Å². The van der Waals surface area contributed by atoms with E-state index in [-0.39, 0.29) is 11.5 Å². The first-order chi connectivity index (χ1) is 8.56. The van der Waals surface area contributed by atoms with E-state index < -0.39 is 0 Å². The van der Waals surface area contributed by atoms with Gasteiger partial charge in [0.15, 0.2) is 0 Å². The van der Waals surface area contributed by atoms with Crippen LogP contribution in [0.15, 0.2) is 41.4 Å². The highest BCUT2D eigenvalue weighted by Gasteiger charge is 2.01. The maximum Gasteiger partial charge on any atom is 0.141 e. The SMILES string of the molecule is Cc1ccc(O)c(C=Nc2cc(Cl)ccc2O)c1. The minimum atomic E-state index is 0.0443. The average Bonchev–Trinajstić information content (AvgIpc) is 2.34. The molecular weight excluding hydrogens is 250 g/mol. The number of phenolic OH excluding ortho intramolecular Hbond substituents is 2. The van der Waals surface area contributed by atoms with Gasteiger partial charge >= 0.3 is 0 Å². The standard InChI is InChI=1S/C14H12ClNO2/c1-9-2-4-13(17)10(6-9)8-16-12-7-11(15)3-5-14(12)18/h2-8,17-18H,1H3. The van der Waals surface area contributed by atoms with Crippen molar-refractivity contribution in [2.75, 3.05) is 0 Å². The van der Waals surface area contributed by atoms with E-state index in [9.17, 15) is 10.2 Å². The van der Waals surface area contributed by atoms with Gasteiger partial charge in [0.25, 0.3) is 0 Å². The lowest BCUT2D eigenvalue weighted by Gasteiger charge is -2.01. The van der Waals surface area contributed by atoms with Gasteiger partial charge in [-0.3, -0.25) is 4.99 Å². The maximum absolute atomic E-state index is 9.66. The summed E-state index contributed by atoms with van der Waals surface area (Å²) >= 11 is 5.82. The molecule has 0 aliphatic heterocycles. The molecule has 0 aromatic heterocycles. The van der Waals surface area contributed by atoms with Crippen molar-refractivity contribution >= 4 is 23.5 Å². The molecule has 2 aromatic rings. The number of hydrogen-bond acceptors (Lipinski definition) is 3. The smallest absolute Gasteiger partial charge is 0.141 e. The molecule has 0 radical (unpaired) electrons. The van der Waals surface area contributed by atoms with E-state index >= 15 is 0 Å². The predicted molar refractivity (Wildman–Crippen MR) is 73.2 cm³/mol. The number of benzene rings is 2. The summed E-state index contributed by atoms with van der Waals surface area (Å²) in [5, 5.41) is 19.8. The molecule has 2 rings (SSSR count). The molecule has 0 fully saturated rings. The fraction of sp³-hybridized carbons (Fsp3) is 0.0714. The van der Waals surface area contributed by atoms with Crippen LogP contribution < -0.4 is 0 Å². The second-order valence-corrected chi connectivity index (χ2v) is 4.39. The van der Waals surface area contributed by atoms with E-state index in [1.165, 1.54) is 12.3 Å². The highest BCUT2D eigenvalue weighted by atomic mass is 35.5. The molecule has 18 heavy (non-hydrogen) atoms. The molecule has 4 heteroatoms. The van der Waals surface area contributed by atoms with Crippen LogP contribution >= 0.6 is 11.6 Å². The molecule has 0 saturated carbocycles. The van der Waals surface area contributed by atoms with Crippen LogP contribution in [0.2, 0.25) is 5.02 Å². The molecule has 3 nitrogen and oxygen atoms in total. The van der Waals surface area contributed by atoms with Crippen LogP contribution in [-0.4, -0.2) is 16.4 Å². The summed E-state index contributed by atoms with van der Waals surface area (Å²) in [6.07, 6.45) is 1.49. The molecule has 2 aromatic carbocycles. The van der Waals surface area contributed by atoms with Crippen molar-refractivity contribution < 1.29 is 10.2 Å². The third-order valence-corrected chi connectivity index (χ3v) is 2.70. The first kappa shape index (κ1) is 12.5. The summed E-state index contributed by atoms with van der Waals surface area (Å²) in [5.74, 6) is 0.189. The number of hydrogen-bond donors (Lipinski definition) is 2. The molecule has 0 unspecified atom stereocenters. The Balaban J connectivity index is 2.35. The fourth-order valence-electron chi connectivity index (χ4n) is 1.52. The largest absolute Gasteiger partial charge is 0.507 e. The summed E-state index contributed by atoms with van der Waals surface area (Å²) in [6, 6.07) is 9.84. The van der Waals surface area contributed by atoms with E-state index in [4.69, 9.17) is 11.6 Å². The Morgan fingerprint density at radius 1 is 1.06 bits per heavy atom. The third-order valence-electron chi connectivity index (χ3n) is 2.46. The number of nitrogens with zero attached hydrogens (tertiary/aromatic N) is 1. The van der Waals surface area contributed by atoms with Crippen LogP contribution in [0.1, 0.15) is 11.1 Å². The summed E-state index contributed by atoms with van der Waals surface area (Å²) in [5.41, 5.74) is 1.97. The first-order valence-electron chi connectivity index (χ1n) is 5.38. The number of phenols is 2. The van der Waals surface area contributed by atoms with Gasteiger partial charge in [-0.2, -0.15) is 0 Å². The van der Waals surface area contributed by atoms with Gasteiger partial charge < -0.3 is 10.2 Å². The summed E-state index contributed by atoms with van der Waals surface area (Å²) < 4.78 is 0. The molecule has 0 heterocycles. The molecule has 92 valence electrons. The van der Waals surface area contributed by atoms with Gasteiger partial charge in [0, 0.05) is 16.8 Å². The minimum Gasteiger partial charge on any atom is -0.507 e. The van der Waals surface area contributed by atoms with Crippen molar-refractivity contribution in [2.45, 2.75) is 6.92 Å². The Morgan fingerprint density at radius 2 is 1.78 bits per heavy atom. The van der Waals surface area contributed by atoms with E-state index in [0.29, 0.717) is 16.3 Å². The van der Waals surface area contributed by atoms with Crippen molar-refractivity contribution in [1.29, 1.82) is 0 Å². The molecule has 0 bridgehead atoms. The number of rotatable bonds is 2. The normalized spacial score (nSPS) is 11.0. The average molecular weight is 262 g/mol. The van der Waals surface area contributed by atoms with Gasteiger partial charge in [0.2, 0.25) is 0 Å². The maximum atomic E-state index is 9.66. The van der Waals surface area contributed by atoms with E-state index in [0.717, 1.165) is 5.56 Å². The molecule has 0 aliphatic rings. The summed E-state index contributed by atoms with van der Waals surface area (Å²) in [4.78, 5) is 4.12. The molecular formula is C14H12ClNO2. The number of aromatic hydroxyl groups is 2. The van der Waals surface area contributed by atoms with E-state index in [1.807, 2.05) is 13.0 Å². The molecule has 2 N–H and O–H groups in total. The Labute approximate surface area is 110 Å². The first-order valence-corrected chi connectivity index (χ1v) is 5.76. The molecule has 0 atom stereocenters. The van der Waals surface area contributed by atoms with Crippen molar-refractivity contribution in [3.63, 3.8) is 0 Å². The van der Waals surface area contributed by atoms with Gasteiger partial charge in [-0.15, -0.1) is 0 Å². The Morgan fingerprint density at radius 3 is 2.56 bits per heavy atom. The van der Waals surface area contributed by atoms with Crippen molar-refractivity contribution in [3.05, 3.63) is 52.5 Å². The highest BCUT2D eigenvalue weighted by molar-refractivity contribution is 6.30. The summed E-state index contributed by atoms with van der Waals surface area (Å²) in [7, 11) is 0. The topological polar surface area (TPSA) is 52.8 Å². The third kappa shape index (κ3) is 2.81. The Kier molecular flexibility index (Phi) is 3.53. The lowest BCUT2D eigenvalue weighted by molar-refractivity contribution is 0.474. The highest BCUT2D eigenvalue weighted by Crippen LogP contribution is 2.29. The van der Waals surface area contributed by atoms with Gasteiger partial charge in [-0.1, -0.05) is 23.2 Å². The van der Waals surface area contributed by atoms with Crippen LogP contribution in [0.5, 0.6) is 11.5 Å². The van der Waals surface area contributed by atoms with E-state index in [2.05, 4.69) is 4.99 Å². The van der Waals surface area contributed by atoms with Crippen molar-refractivity contribution in [1.82, 2.24) is 0 Å². The van der Waals surface area contributed by atoms with Gasteiger partial charge in [-0.25, -0.2) is 0 Å². The van der Waals surface area contributed by atoms with Crippen LogP contribution in [-0.2, 0) is 0 Å². The van der Waals surface area contributed by atoms with Crippen LogP contribution in [0, 0.1) is 6.92 Å². The van der Waals surface area contributed by atoms with Crippen LogP contribution in [0.25, 0.3) is 0 Å². The number of halogens is 1. The second kappa shape index (κ2) is 5.10. The molecule has 0 saturated heterocycles. The molecule has 0 aliphatic carbocycles. The lowest BCUT2D eigenvalue weighted by atomic mass is 10.1. The molecule has 0 spiro atoms. The Hall–Kier alpha value is -2.00. The quantitative estimate of drug-likeness (QED) is 0.808. The zero-order chi connectivity index (χ0) is 13.1. The number of aryl methyl sites for hydroxylation is 1. The van der Waals surface area contributed by atoms with Crippen molar-refractivity contribution in [3.8, 4) is 11.5 Å². The minimum absolute atomic E-state index is 0.0443. The van der Waals surface area contributed by atoms with Crippen LogP contribution in [0.4, 0.5) is 5.69 Å². The lowest BCUT2D eigenvalue weighted by Crippen LogP contribution is -1.84. The van der Waals surface area contributed by atoms with E-state index in [1.54, 1.807) is 24.3 Å². The zero-order valence-electron chi connectivity index (χ0n) is 9.76. The fourth-order valence-corrected chi connectivity index (χ4v) is 1.68. The zero-order valence-corrected chi connectivity index (χ0v) is 10.5. The van der Waals surface area contributed by atoms with Gasteiger partial charge in [0.1, 0.15) is 17.2 Å². The summed E-state index contributed by atoms with van der Waals surface area (Å²) in [6.45, 7) is 1.92. The Bertz CT molecular complexity index is 555. The predicted octanol–water partition coefficient (Wildman–Crippen LogP) is 3.81. The number of aliphatic imine (C=N–C) groups is 1. The van der Waals surface area contributed by atoms with Crippen LogP contribution in [0.3, 0.4) is 0 Å². The van der Waals surface area contributed by atoms with Crippen molar-refractivity contribution in [2.24, 2.45) is 4.99 Å². The second-order valence-electron chi connectivity index (χ2n) is 3.95.